The van der Waals surface area contributed by atoms with E-state index in [-0.39, 0.29) is 11.9 Å². The SMILES string of the molecule is CN(C)C(=O)c1cnc(N[C@H]2CCCn3ncnc32)c(Cl)c1. The fraction of sp³-hybridized carbons (Fsp3) is 0.429. The monoisotopic (exact) mass is 320 g/mol. The zero-order valence-corrected chi connectivity index (χ0v) is 13.2. The molecule has 0 radical (unpaired) electrons. The molecule has 1 aliphatic rings. The number of carbonyl (C=O) groups excluding carboxylic acids is 1. The Labute approximate surface area is 133 Å². The number of halogens is 1. The van der Waals surface area contributed by atoms with Crippen LogP contribution in [0.5, 0.6) is 0 Å². The van der Waals surface area contributed by atoms with Crippen LogP contribution < -0.4 is 5.32 Å². The molecule has 2 aromatic heterocycles. The summed E-state index contributed by atoms with van der Waals surface area (Å²) in [5.74, 6) is 1.31. The van der Waals surface area contributed by atoms with E-state index in [0.29, 0.717) is 16.4 Å². The zero-order valence-electron chi connectivity index (χ0n) is 12.5. The molecule has 0 aromatic carbocycles. The second kappa shape index (κ2) is 5.92. The van der Waals surface area contributed by atoms with Crippen LogP contribution in [0.2, 0.25) is 5.02 Å². The second-order valence-corrected chi connectivity index (χ2v) is 5.84. The lowest BCUT2D eigenvalue weighted by atomic mass is 10.1. The standard InChI is InChI=1S/C14H17ClN6O/c1-20(2)14(22)9-6-10(15)12(16-7-9)19-11-4-3-5-21-13(11)17-8-18-21/h6-8,11H,3-5H2,1-2H3,(H,16,19)/t11-/m0/s1. The number of nitrogens with one attached hydrogen (secondary N) is 1. The van der Waals surface area contributed by atoms with E-state index in [1.54, 1.807) is 26.5 Å². The van der Waals surface area contributed by atoms with Crippen LogP contribution in [-0.2, 0) is 6.54 Å². The van der Waals surface area contributed by atoms with E-state index < -0.39 is 0 Å². The van der Waals surface area contributed by atoms with Crippen molar-refractivity contribution in [2.75, 3.05) is 19.4 Å². The molecule has 0 saturated heterocycles. The molecule has 1 amide bonds. The van der Waals surface area contributed by atoms with E-state index in [1.807, 2.05) is 4.68 Å². The zero-order chi connectivity index (χ0) is 15.7. The Hall–Kier alpha value is -2.15. The van der Waals surface area contributed by atoms with Gasteiger partial charge in [-0.05, 0) is 18.9 Å². The number of amides is 1. The van der Waals surface area contributed by atoms with Crippen LogP contribution in [0.4, 0.5) is 5.82 Å². The average molecular weight is 321 g/mol. The van der Waals surface area contributed by atoms with Crippen molar-refractivity contribution in [3.8, 4) is 0 Å². The average Bonchev–Trinajstić information content (AvgIpc) is 2.98. The molecule has 1 aliphatic heterocycles. The Morgan fingerprint density at radius 3 is 3.00 bits per heavy atom. The van der Waals surface area contributed by atoms with Crippen molar-refractivity contribution in [1.82, 2.24) is 24.6 Å². The topological polar surface area (TPSA) is 75.9 Å². The number of carbonyl (C=O) groups is 1. The number of pyridine rings is 1. The van der Waals surface area contributed by atoms with Crippen molar-refractivity contribution < 1.29 is 4.79 Å². The fourth-order valence-electron chi connectivity index (χ4n) is 2.51. The minimum atomic E-state index is -0.127. The van der Waals surface area contributed by atoms with Crippen LogP contribution in [0.15, 0.2) is 18.6 Å². The van der Waals surface area contributed by atoms with Crippen molar-refractivity contribution in [2.45, 2.75) is 25.4 Å². The number of hydrogen-bond acceptors (Lipinski definition) is 5. The highest BCUT2D eigenvalue weighted by atomic mass is 35.5. The molecule has 0 spiro atoms. The largest absolute Gasteiger partial charge is 0.359 e. The van der Waals surface area contributed by atoms with Crippen molar-refractivity contribution in [3.05, 3.63) is 35.0 Å². The van der Waals surface area contributed by atoms with Gasteiger partial charge in [0.05, 0.1) is 16.6 Å². The van der Waals surface area contributed by atoms with Gasteiger partial charge in [0.2, 0.25) is 0 Å². The summed E-state index contributed by atoms with van der Waals surface area (Å²) < 4.78 is 1.89. The molecule has 3 heterocycles. The number of fused-ring (bicyclic) bond motifs is 1. The molecule has 0 aliphatic carbocycles. The molecule has 0 unspecified atom stereocenters. The predicted octanol–water partition coefficient (Wildman–Crippen LogP) is 1.98. The smallest absolute Gasteiger partial charge is 0.254 e. The number of aromatic nitrogens is 4. The fourth-order valence-corrected chi connectivity index (χ4v) is 2.73. The van der Waals surface area contributed by atoms with Gasteiger partial charge in [-0.2, -0.15) is 5.10 Å². The maximum atomic E-state index is 11.9. The Morgan fingerprint density at radius 1 is 1.45 bits per heavy atom. The summed E-state index contributed by atoms with van der Waals surface area (Å²) in [6.45, 7) is 0.880. The summed E-state index contributed by atoms with van der Waals surface area (Å²) in [4.78, 5) is 22.0. The van der Waals surface area contributed by atoms with Gasteiger partial charge in [0, 0.05) is 26.8 Å². The molecule has 2 aromatic rings. The normalized spacial score (nSPS) is 17.0. The van der Waals surface area contributed by atoms with E-state index in [0.717, 1.165) is 25.2 Å². The molecule has 22 heavy (non-hydrogen) atoms. The first-order valence-corrected chi connectivity index (χ1v) is 7.45. The van der Waals surface area contributed by atoms with Crippen molar-refractivity contribution in [2.24, 2.45) is 0 Å². The molecular weight excluding hydrogens is 304 g/mol. The third-order valence-corrected chi connectivity index (χ3v) is 3.91. The summed E-state index contributed by atoms with van der Waals surface area (Å²) in [6, 6.07) is 1.66. The van der Waals surface area contributed by atoms with Gasteiger partial charge >= 0.3 is 0 Å². The third kappa shape index (κ3) is 2.76. The first-order chi connectivity index (χ1) is 10.6. The van der Waals surface area contributed by atoms with Crippen LogP contribution in [0.3, 0.4) is 0 Å². The summed E-state index contributed by atoms with van der Waals surface area (Å²) in [5.41, 5.74) is 0.465. The highest BCUT2D eigenvalue weighted by Crippen LogP contribution is 2.29. The van der Waals surface area contributed by atoms with E-state index >= 15 is 0 Å². The van der Waals surface area contributed by atoms with Gasteiger partial charge in [-0.1, -0.05) is 11.6 Å². The quantitative estimate of drug-likeness (QED) is 0.935. The van der Waals surface area contributed by atoms with E-state index in [1.165, 1.54) is 11.1 Å². The molecule has 116 valence electrons. The van der Waals surface area contributed by atoms with Gasteiger partial charge in [0.15, 0.2) is 0 Å². The Morgan fingerprint density at radius 2 is 2.27 bits per heavy atom. The van der Waals surface area contributed by atoms with Crippen LogP contribution in [0.25, 0.3) is 0 Å². The molecule has 7 nitrogen and oxygen atoms in total. The lowest BCUT2D eigenvalue weighted by Crippen LogP contribution is -2.24. The lowest BCUT2D eigenvalue weighted by Gasteiger charge is -2.24. The minimum Gasteiger partial charge on any atom is -0.359 e. The van der Waals surface area contributed by atoms with Crippen molar-refractivity contribution in [1.29, 1.82) is 0 Å². The number of aryl methyl sites for hydroxylation is 1. The molecule has 1 N–H and O–H groups in total. The second-order valence-electron chi connectivity index (χ2n) is 5.43. The van der Waals surface area contributed by atoms with E-state index in [9.17, 15) is 4.79 Å². The number of anilines is 1. The summed E-state index contributed by atoms with van der Waals surface area (Å²) >= 11 is 6.26. The third-order valence-electron chi connectivity index (χ3n) is 3.63. The van der Waals surface area contributed by atoms with Crippen molar-refractivity contribution in [3.63, 3.8) is 0 Å². The lowest BCUT2D eigenvalue weighted by molar-refractivity contribution is 0.0827. The number of rotatable bonds is 3. The van der Waals surface area contributed by atoms with Crippen LogP contribution in [0, 0.1) is 0 Å². The van der Waals surface area contributed by atoms with Gasteiger partial charge in [-0.25, -0.2) is 14.6 Å². The first kappa shape index (κ1) is 14.8. The maximum Gasteiger partial charge on any atom is 0.254 e. The van der Waals surface area contributed by atoms with Crippen molar-refractivity contribution >= 4 is 23.3 Å². The Kier molecular flexibility index (Phi) is 3.98. The molecule has 0 fully saturated rings. The Balaban J connectivity index is 1.81. The van der Waals surface area contributed by atoms with Gasteiger partial charge in [0.25, 0.3) is 5.91 Å². The minimum absolute atomic E-state index is 0.0247. The molecule has 1 atom stereocenters. The van der Waals surface area contributed by atoms with Gasteiger partial charge in [-0.3, -0.25) is 4.79 Å². The van der Waals surface area contributed by atoms with Gasteiger partial charge in [0.1, 0.15) is 18.0 Å². The summed E-state index contributed by atoms with van der Waals surface area (Å²) in [5, 5.41) is 7.91. The Bertz CT molecular complexity index is 698. The molecule has 0 saturated carbocycles. The number of hydrogen-bond donors (Lipinski definition) is 1. The molecule has 8 heteroatoms. The van der Waals surface area contributed by atoms with Crippen LogP contribution in [-0.4, -0.2) is 44.7 Å². The summed E-state index contributed by atoms with van der Waals surface area (Å²) in [7, 11) is 3.38. The van der Waals surface area contributed by atoms with E-state index in [2.05, 4.69) is 20.4 Å². The first-order valence-electron chi connectivity index (χ1n) is 7.07. The molecule has 0 bridgehead atoms. The van der Waals surface area contributed by atoms with Crippen LogP contribution in [0.1, 0.15) is 35.1 Å². The van der Waals surface area contributed by atoms with Gasteiger partial charge in [-0.15, -0.1) is 0 Å². The molecule has 3 rings (SSSR count). The predicted molar refractivity (Wildman–Crippen MR) is 82.9 cm³/mol. The molecular formula is C14H17ClN6O. The van der Waals surface area contributed by atoms with Gasteiger partial charge < -0.3 is 10.2 Å². The highest BCUT2D eigenvalue weighted by Gasteiger charge is 2.23. The van der Waals surface area contributed by atoms with E-state index in [4.69, 9.17) is 11.6 Å². The summed E-state index contributed by atoms with van der Waals surface area (Å²) in [6.07, 6.45) is 5.05. The maximum absolute atomic E-state index is 11.9. The number of nitrogens with zero attached hydrogens (tertiary/aromatic N) is 5. The highest BCUT2D eigenvalue weighted by molar-refractivity contribution is 6.33. The van der Waals surface area contributed by atoms with Crippen LogP contribution >= 0.6 is 11.6 Å².